The van der Waals surface area contributed by atoms with Crippen molar-refractivity contribution in [3.05, 3.63) is 83.1 Å². The third-order valence-corrected chi connectivity index (χ3v) is 5.45. The molecule has 0 unspecified atom stereocenters. The van der Waals surface area contributed by atoms with Crippen LogP contribution in [0.2, 0.25) is 19.6 Å². The molecule has 0 heterocycles. The smallest absolute Gasteiger partial charge is 0.0883 e. The lowest BCUT2D eigenvalue weighted by atomic mass is 10.1. The molecule has 0 amide bonds. The highest BCUT2D eigenvalue weighted by molar-refractivity contribution is 6.93. The molecule has 0 bridgehead atoms. The fraction of sp³-hybridized carbons (Fsp3) is 0.250. The molecule has 0 atom stereocenters. The fourth-order valence-electron chi connectivity index (χ4n) is 2.33. The van der Waals surface area contributed by atoms with Crippen molar-refractivity contribution in [2.24, 2.45) is 0 Å². The SMILES string of the molecule is Cc1ccc(CC=C=C(c2ccccc2)[Si](C)(C)C)cc1. The Bertz CT molecular complexity index is 636. The number of hydrogen-bond donors (Lipinski definition) is 0. The molecule has 0 saturated heterocycles. The highest BCUT2D eigenvalue weighted by Crippen LogP contribution is 2.24. The highest BCUT2D eigenvalue weighted by atomic mass is 28.3. The molecule has 1 heteroatoms. The highest BCUT2D eigenvalue weighted by Gasteiger charge is 2.20. The van der Waals surface area contributed by atoms with Gasteiger partial charge in [-0.1, -0.05) is 79.8 Å². The zero-order valence-corrected chi connectivity index (χ0v) is 14.5. The van der Waals surface area contributed by atoms with Crippen LogP contribution in [0.25, 0.3) is 5.20 Å². The van der Waals surface area contributed by atoms with Gasteiger partial charge in [0.15, 0.2) is 0 Å². The summed E-state index contributed by atoms with van der Waals surface area (Å²) < 4.78 is 0. The number of aryl methyl sites for hydroxylation is 1. The molecule has 0 aromatic heterocycles. The van der Waals surface area contributed by atoms with E-state index >= 15 is 0 Å². The van der Waals surface area contributed by atoms with Crippen molar-refractivity contribution in [3.8, 4) is 0 Å². The summed E-state index contributed by atoms with van der Waals surface area (Å²) in [5, 5.41) is 1.40. The third kappa shape index (κ3) is 4.59. The molecule has 0 aliphatic heterocycles. The van der Waals surface area contributed by atoms with Crippen LogP contribution in [-0.4, -0.2) is 8.07 Å². The van der Waals surface area contributed by atoms with Crippen LogP contribution in [0.15, 0.2) is 66.4 Å². The predicted molar refractivity (Wildman–Crippen MR) is 96.2 cm³/mol. The zero-order valence-electron chi connectivity index (χ0n) is 13.5. The van der Waals surface area contributed by atoms with Gasteiger partial charge in [-0.2, -0.15) is 0 Å². The van der Waals surface area contributed by atoms with Crippen molar-refractivity contribution >= 4 is 13.3 Å². The van der Waals surface area contributed by atoms with Gasteiger partial charge in [-0.25, -0.2) is 0 Å². The molecule has 0 aliphatic carbocycles. The molecule has 2 rings (SSSR count). The van der Waals surface area contributed by atoms with Crippen molar-refractivity contribution in [1.29, 1.82) is 0 Å². The Hall–Kier alpha value is -1.82. The Morgan fingerprint density at radius 1 is 0.952 bits per heavy atom. The summed E-state index contributed by atoms with van der Waals surface area (Å²) in [5.74, 6) is 0. The lowest BCUT2D eigenvalue weighted by Crippen LogP contribution is -2.22. The number of allylic oxidation sites excluding steroid dienone is 1. The van der Waals surface area contributed by atoms with Crippen LogP contribution >= 0.6 is 0 Å². The number of hydrogen-bond acceptors (Lipinski definition) is 0. The molecule has 2 aromatic rings. The average molecular weight is 292 g/mol. The van der Waals surface area contributed by atoms with Crippen LogP contribution in [0.3, 0.4) is 0 Å². The number of benzene rings is 2. The van der Waals surface area contributed by atoms with Crippen molar-refractivity contribution in [2.75, 3.05) is 0 Å². The van der Waals surface area contributed by atoms with Gasteiger partial charge in [0.25, 0.3) is 0 Å². The first-order valence-corrected chi connectivity index (χ1v) is 11.0. The Morgan fingerprint density at radius 2 is 1.57 bits per heavy atom. The molecule has 0 fully saturated rings. The minimum Gasteiger partial charge on any atom is -0.125 e. The third-order valence-electron chi connectivity index (χ3n) is 3.52. The molecule has 108 valence electrons. The van der Waals surface area contributed by atoms with Crippen molar-refractivity contribution in [1.82, 2.24) is 0 Å². The van der Waals surface area contributed by atoms with E-state index in [-0.39, 0.29) is 0 Å². The zero-order chi connectivity index (χ0) is 15.3. The second-order valence-electron chi connectivity index (χ2n) is 6.53. The minimum absolute atomic E-state index is 0.946. The largest absolute Gasteiger partial charge is 0.125 e. The molecule has 0 N–H and O–H groups in total. The van der Waals surface area contributed by atoms with Gasteiger partial charge < -0.3 is 0 Å². The summed E-state index contributed by atoms with van der Waals surface area (Å²) in [6.07, 6.45) is 3.13. The summed E-state index contributed by atoms with van der Waals surface area (Å²) >= 11 is 0. The van der Waals surface area contributed by atoms with Crippen molar-refractivity contribution < 1.29 is 0 Å². The first kappa shape index (κ1) is 15.6. The maximum atomic E-state index is 3.59. The maximum absolute atomic E-state index is 3.59. The summed E-state index contributed by atoms with van der Waals surface area (Å²) in [4.78, 5) is 0. The number of rotatable bonds is 4. The van der Waals surface area contributed by atoms with E-state index in [1.807, 2.05) is 0 Å². The Morgan fingerprint density at radius 3 is 2.14 bits per heavy atom. The maximum Gasteiger partial charge on any atom is 0.0883 e. The first-order chi connectivity index (χ1) is 9.97. The van der Waals surface area contributed by atoms with E-state index in [9.17, 15) is 0 Å². The second kappa shape index (κ2) is 6.75. The van der Waals surface area contributed by atoms with Gasteiger partial charge >= 0.3 is 0 Å². The van der Waals surface area contributed by atoms with Crippen molar-refractivity contribution in [3.63, 3.8) is 0 Å². The Balaban J connectivity index is 2.28. The van der Waals surface area contributed by atoms with Gasteiger partial charge in [-0.05, 0) is 35.7 Å². The van der Waals surface area contributed by atoms with Crippen LogP contribution in [0.1, 0.15) is 16.7 Å². The summed E-state index contributed by atoms with van der Waals surface area (Å²) in [5.41, 5.74) is 7.56. The fourth-order valence-corrected chi connectivity index (χ4v) is 3.90. The van der Waals surface area contributed by atoms with E-state index < -0.39 is 8.07 Å². The monoisotopic (exact) mass is 292 g/mol. The molecule has 0 nitrogen and oxygen atoms in total. The average Bonchev–Trinajstić information content (AvgIpc) is 2.45. The van der Waals surface area contributed by atoms with Gasteiger partial charge in [0, 0.05) is 0 Å². The molecule has 0 saturated carbocycles. The molecule has 0 aliphatic rings. The molecule has 21 heavy (non-hydrogen) atoms. The van der Waals surface area contributed by atoms with E-state index in [0.717, 1.165) is 6.42 Å². The summed E-state index contributed by atoms with van der Waals surface area (Å²) in [7, 11) is -1.40. The quantitative estimate of drug-likeness (QED) is 0.504. The molecule has 0 spiro atoms. The van der Waals surface area contributed by atoms with E-state index in [4.69, 9.17) is 0 Å². The molecular weight excluding hydrogens is 268 g/mol. The lowest BCUT2D eigenvalue weighted by Gasteiger charge is -2.19. The van der Waals surface area contributed by atoms with Crippen LogP contribution in [-0.2, 0) is 6.42 Å². The second-order valence-corrected chi connectivity index (χ2v) is 11.5. The normalized spacial score (nSPS) is 10.9. The van der Waals surface area contributed by atoms with E-state index in [1.54, 1.807) is 0 Å². The first-order valence-electron chi connectivity index (χ1n) is 7.53. The lowest BCUT2D eigenvalue weighted by molar-refractivity contribution is 1.26. The topological polar surface area (TPSA) is 0 Å². The van der Waals surface area contributed by atoms with Crippen LogP contribution < -0.4 is 0 Å². The van der Waals surface area contributed by atoms with Gasteiger partial charge in [0.1, 0.15) is 0 Å². The summed E-state index contributed by atoms with van der Waals surface area (Å²) in [6.45, 7) is 9.25. The Kier molecular flexibility index (Phi) is 5.01. The summed E-state index contributed by atoms with van der Waals surface area (Å²) in [6, 6.07) is 19.4. The Labute approximate surface area is 129 Å². The van der Waals surface area contributed by atoms with Gasteiger partial charge in [-0.15, -0.1) is 5.73 Å². The standard InChI is InChI=1S/C20H24Si/c1-17-13-15-18(16-14-17)9-8-12-20(21(2,3)4)19-10-6-5-7-11-19/h5-8,10-11,13-16H,9H2,1-4H3. The van der Waals surface area contributed by atoms with Crippen LogP contribution in [0.4, 0.5) is 0 Å². The van der Waals surface area contributed by atoms with E-state index in [1.165, 1.54) is 21.9 Å². The molecule has 2 aromatic carbocycles. The van der Waals surface area contributed by atoms with E-state index in [2.05, 4.69) is 93.0 Å². The molecular formula is C20H24Si. The van der Waals surface area contributed by atoms with Crippen molar-refractivity contribution in [2.45, 2.75) is 33.0 Å². The van der Waals surface area contributed by atoms with Crippen LogP contribution in [0.5, 0.6) is 0 Å². The minimum atomic E-state index is -1.40. The molecule has 0 radical (unpaired) electrons. The predicted octanol–water partition coefficient (Wildman–Crippen LogP) is 5.65. The van der Waals surface area contributed by atoms with E-state index in [0.29, 0.717) is 0 Å². The van der Waals surface area contributed by atoms with Gasteiger partial charge in [-0.3, -0.25) is 0 Å². The van der Waals surface area contributed by atoms with Crippen LogP contribution in [0, 0.1) is 6.92 Å². The van der Waals surface area contributed by atoms with Gasteiger partial charge in [0.2, 0.25) is 0 Å². The van der Waals surface area contributed by atoms with Gasteiger partial charge in [0.05, 0.1) is 8.07 Å².